The molecule has 5 heteroatoms. The summed E-state index contributed by atoms with van der Waals surface area (Å²) in [7, 11) is 1.93. The van der Waals surface area contributed by atoms with Crippen LogP contribution in [0.2, 0.25) is 0 Å². The Hall–Kier alpha value is -1.49. The predicted molar refractivity (Wildman–Crippen MR) is 59.1 cm³/mol. The van der Waals surface area contributed by atoms with Gasteiger partial charge in [-0.1, -0.05) is 0 Å². The highest BCUT2D eigenvalue weighted by Gasteiger charge is 2.11. The molecule has 4 nitrogen and oxygen atoms in total. The SMILES string of the molecule is CC(=O)c1nc(-c2cnc(C)n2C)cs1. The minimum atomic E-state index is 0.00476. The monoisotopic (exact) mass is 221 g/mol. The minimum Gasteiger partial charge on any atom is -0.330 e. The first-order valence-electron chi connectivity index (χ1n) is 4.54. The van der Waals surface area contributed by atoms with Crippen molar-refractivity contribution in [2.24, 2.45) is 7.05 Å². The summed E-state index contributed by atoms with van der Waals surface area (Å²) in [5, 5.41) is 2.43. The first-order valence-corrected chi connectivity index (χ1v) is 5.42. The van der Waals surface area contributed by atoms with Gasteiger partial charge in [0.2, 0.25) is 0 Å². The lowest BCUT2D eigenvalue weighted by molar-refractivity contribution is 0.101. The van der Waals surface area contributed by atoms with Gasteiger partial charge in [-0.25, -0.2) is 9.97 Å². The number of aromatic nitrogens is 3. The smallest absolute Gasteiger partial charge is 0.188 e. The van der Waals surface area contributed by atoms with Gasteiger partial charge >= 0.3 is 0 Å². The minimum absolute atomic E-state index is 0.00476. The fraction of sp³-hybridized carbons (Fsp3) is 0.300. The van der Waals surface area contributed by atoms with Crippen molar-refractivity contribution in [2.75, 3.05) is 0 Å². The zero-order chi connectivity index (χ0) is 11.0. The standard InChI is InChI=1S/C10H11N3OS/c1-6(14)10-12-8(5-15-10)9-4-11-7(2)13(9)3/h4-5H,1-3H3. The van der Waals surface area contributed by atoms with Crippen molar-refractivity contribution in [3.63, 3.8) is 0 Å². The van der Waals surface area contributed by atoms with E-state index in [4.69, 9.17) is 0 Å². The molecule has 0 radical (unpaired) electrons. The van der Waals surface area contributed by atoms with Crippen molar-refractivity contribution in [1.29, 1.82) is 0 Å². The largest absolute Gasteiger partial charge is 0.330 e. The van der Waals surface area contributed by atoms with E-state index in [1.54, 1.807) is 6.20 Å². The van der Waals surface area contributed by atoms with Gasteiger partial charge in [-0.2, -0.15) is 0 Å². The molecule has 0 aliphatic carbocycles. The van der Waals surface area contributed by atoms with Crippen LogP contribution in [-0.4, -0.2) is 20.3 Å². The van der Waals surface area contributed by atoms with Crippen LogP contribution in [0.5, 0.6) is 0 Å². The van der Waals surface area contributed by atoms with E-state index in [0.717, 1.165) is 17.2 Å². The van der Waals surface area contributed by atoms with E-state index in [2.05, 4.69) is 9.97 Å². The number of imidazole rings is 1. The molecule has 0 fully saturated rings. The third-order valence-electron chi connectivity index (χ3n) is 2.29. The lowest BCUT2D eigenvalue weighted by Crippen LogP contribution is -1.95. The molecule has 0 aliphatic heterocycles. The van der Waals surface area contributed by atoms with Gasteiger partial charge in [-0.15, -0.1) is 11.3 Å². The molecule has 2 rings (SSSR count). The summed E-state index contributed by atoms with van der Waals surface area (Å²) >= 11 is 1.37. The van der Waals surface area contributed by atoms with Crippen LogP contribution < -0.4 is 0 Å². The Morgan fingerprint density at radius 1 is 1.53 bits per heavy atom. The Morgan fingerprint density at radius 2 is 2.27 bits per heavy atom. The predicted octanol–water partition coefficient (Wildman–Crippen LogP) is 2.05. The van der Waals surface area contributed by atoms with Crippen molar-refractivity contribution in [3.05, 3.63) is 22.4 Å². The fourth-order valence-corrected chi connectivity index (χ4v) is 2.01. The van der Waals surface area contributed by atoms with Crippen LogP contribution in [0.4, 0.5) is 0 Å². The molecule has 0 unspecified atom stereocenters. The molecule has 0 N–H and O–H groups in total. The third kappa shape index (κ3) is 1.70. The average Bonchev–Trinajstić information content (AvgIpc) is 2.76. The van der Waals surface area contributed by atoms with E-state index < -0.39 is 0 Å². The lowest BCUT2D eigenvalue weighted by atomic mass is 10.3. The van der Waals surface area contributed by atoms with E-state index in [-0.39, 0.29) is 5.78 Å². The zero-order valence-corrected chi connectivity index (χ0v) is 9.63. The van der Waals surface area contributed by atoms with Crippen molar-refractivity contribution < 1.29 is 4.79 Å². The topological polar surface area (TPSA) is 47.8 Å². The van der Waals surface area contributed by atoms with Gasteiger partial charge in [0.25, 0.3) is 0 Å². The Bertz CT molecular complexity index is 512. The van der Waals surface area contributed by atoms with Crippen molar-refractivity contribution in [1.82, 2.24) is 14.5 Å². The molecule has 0 saturated heterocycles. The maximum Gasteiger partial charge on any atom is 0.188 e. The summed E-state index contributed by atoms with van der Waals surface area (Å²) in [6, 6.07) is 0. The van der Waals surface area contributed by atoms with Crippen LogP contribution in [0.1, 0.15) is 22.6 Å². The number of hydrogen-bond acceptors (Lipinski definition) is 4. The molecule has 0 aliphatic rings. The van der Waals surface area contributed by atoms with E-state index in [0.29, 0.717) is 5.01 Å². The van der Waals surface area contributed by atoms with E-state index in [9.17, 15) is 4.79 Å². The van der Waals surface area contributed by atoms with Gasteiger partial charge in [-0.05, 0) is 6.92 Å². The Kier molecular flexibility index (Phi) is 2.40. The lowest BCUT2D eigenvalue weighted by Gasteiger charge is -1.98. The van der Waals surface area contributed by atoms with Crippen molar-refractivity contribution >= 4 is 17.1 Å². The average molecular weight is 221 g/mol. The number of thiazole rings is 1. The van der Waals surface area contributed by atoms with Gasteiger partial charge in [-0.3, -0.25) is 4.79 Å². The highest BCUT2D eigenvalue weighted by Crippen LogP contribution is 2.22. The van der Waals surface area contributed by atoms with E-state index in [1.165, 1.54) is 18.3 Å². The summed E-state index contributed by atoms with van der Waals surface area (Å²) in [5.41, 5.74) is 1.75. The number of carbonyl (C=O) groups is 1. The van der Waals surface area contributed by atoms with Gasteiger partial charge in [0.15, 0.2) is 10.8 Å². The first kappa shape index (κ1) is 10.0. The van der Waals surface area contributed by atoms with Crippen LogP contribution in [0.3, 0.4) is 0 Å². The molecule has 78 valence electrons. The highest BCUT2D eigenvalue weighted by molar-refractivity contribution is 7.12. The number of aryl methyl sites for hydroxylation is 1. The number of rotatable bonds is 2. The molecule has 0 bridgehead atoms. The number of hydrogen-bond donors (Lipinski definition) is 0. The van der Waals surface area contributed by atoms with Gasteiger partial charge in [0, 0.05) is 19.4 Å². The number of ketones is 1. The summed E-state index contributed by atoms with van der Waals surface area (Å²) in [5.74, 6) is 0.938. The van der Waals surface area contributed by atoms with E-state index in [1.807, 2.05) is 23.9 Å². The van der Waals surface area contributed by atoms with Crippen LogP contribution in [0.25, 0.3) is 11.4 Å². The van der Waals surface area contributed by atoms with Crippen molar-refractivity contribution in [2.45, 2.75) is 13.8 Å². The van der Waals surface area contributed by atoms with Crippen LogP contribution in [0.15, 0.2) is 11.6 Å². The second-order valence-electron chi connectivity index (χ2n) is 3.34. The second kappa shape index (κ2) is 3.58. The van der Waals surface area contributed by atoms with Crippen LogP contribution >= 0.6 is 11.3 Å². The van der Waals surface area contributed by atoms with Crippen LogP contribution in [-0.2, 0) is 7.05 Å². The molecular weight excluding hydrogens is 210 g/mol. The Balaban J connectivity index is 2.46. The number of carbonyl (C=O) groups excluding carboxylic acids is 1. The molecule has 0 spiro atoms. The molecular formula is C10H11N3OS. The highest BCUT2D eigenvalue weighted by atomic mass is 32.1. The van der Waals surface area contributed by atoms with Gasteiger partial charge in [0.05, 0.1) is 11.9 Å². The maximum absolute atomic E-state index is 11.1. The normalized spacial score (nSPS) is 10.6. The zero-order valence-electron chi connectivity index (χ0n) is 8.81. The summed E-state index contributed by atoms with van der Waals surface area (Å²) in [6.45, 7) is 3.46. The fourth-order valence-electron chi connectivity index (χ4n) is 1.29. The van der Waals surface area contributed by atoms with E-state index >= 15 is 0 Å². The number of Topliss-reactive ketones (excluding diaryl/α,β-unsaturated/α-hetero) is 1. The molecule has 15 heavy (non-hydrogen) atoms. The first-order chi connectivity index (χ1) is 7.09. The summed E-state index contributed by atoms with van der Waals surface area (Å²) in [6.07, 6.45) is 1.77. The van der Waals surface area contributed by atoms with Gasteiger partial charge in [0.1, 0.15) is 11.5 Å². The van der Waals surface area contributed by atoms with Gasteiger partial charge < -0.3 is 4.57 Å². The van der Waals surface area contributed by atoms with Crippen LogP contribution in [0, 0.1) is 6.92 Å². The quantitative estimate of drug-likeness (QED) is 0.729. The maximum atomic E-state index is 11.1. The second-order valence-corrected chi connectivity index (χ2v) is 4.20. The summed E-state index contributed by atoms with van der Waals surface area (Å²) in [4.78, 5) is 19.6. The molecule has 2 aromatic rings. The molecule has 0 atom stereocenters. The Morgan fingerprint density at radius 3 is 2.73 bits per heavy atom. The van der Waals surface area contributed by atoms with Crippen molar-refractivity contribution in [3.8, 4) is 11.4 Å². The number of nitrogens with zero attached hydrogens (tertiary/aromatic N) is 3. The molecule has 0 aromatic carbocycles. The summed E-state index contributed by atoms with van der Waals surface area (Å²) < 4.78 is 1.96. The Labute approximate surface area is 91.6 Å². The molecule has 2 heterocycles. The third-order valence-corrected chi connectivity index (χ3v) is 3.23. The molecule has 0 saturated carbocycles. The molecule has 2 aromatic heterocycles. The molecule has 0 amide bonds.